The Morgan fingerprint density at radius 2 is 1.75 bits per heavy atom. The quantitative estimate of drug-likeness (QED) is 0.861. The molecule has 1 aromatic carbocycles. The molecule has 1 N–H and O–H groups in total. The molecule has 0 aliphatic heterocycles. The van der Waals surface area contributed by atoms with E-state index in [-0.39, 0.29) is 6.42 Å². The zero-order valence-corrected chi connectivity index (χ0v) is 11.8. The summed E-state index contributed by atoms with van der Waals surface area (Å²) in [6, 6.07) is 7.52. The van der Waals surface area contributed by atoms with Gasteiger partial charge < -0.3 is 5.32 Å². The average molecular weight is 285 g/mol. The molecule has 0 amide bonds. The van der Waals surface area contributed by atoms with Crippen molar-refractivity contribution in [3.63, 3.8) is 0 Å². The molecule has 0 radical (unpaired) electrons. The van der Waals surface area contributed by atoms with E-state index in [9.17, 15) is 13.2 Å². The highest BCUT2D eigenvalue weighted by molar-refractivity contribution is 5.26. The molecular formula is C16H22F3N. The molecule has 112 valence electrons. The summed E-state index contributed by atoms with van der Waals surface area (Å²) in [5.74, 6) is -1.19. The topological polar surface area (TPSA) is 12.0 Å². The Balaban J connectivity index is 2.01. The molecule has 2 atom stereocenters. The van der Waals surface area contributed by atoms with E-state index in [0.29, 0.717) is 19.4 Å². The molecule has 20 heavy (non-hydrogen) atoms. The van der Waals surface area contributed by atoms with Crippen LogP contribution in [-0.2, 0) is 13.0 Å². The second kappa shape index (κ2) is 6.61. The summed E-state index contributed by atoms with van der Waals surface area (Å²) < 4.78 is 39.1. The third-order valence-corrected chi connectivity index (χ3v) is 4.24. The predicted octanol–water partition coefficient (Wildman–Crippen LogP) is 4.46. The SMILES string of the molecule is CCc1ccccc1CNC1CCCCC1C(F)(F)F. The van der Waals surface area contributed by atoms with Gasteiger partial charge in [0, 0.05) is 12.6 Å². The van der Waals surface area contributed by atoms with E-state index in [4.69, 9.17) is 0 Å². The van der Waals surface area contributed by atoms with E-state index in [0.717, 1.165) is 18.4 Å². The van der Waals surface area contributed by atoms with Crippen LogP contribution in [0.15, 0.2) is 24.3 Å². The van der Waals surface area contributed by atoms with E-state index in [1.807, 2.05) is 24.3 Å². The van der Waals surface area contributed by atoms with Gasteiger partial charge in [-0.25, -0.2) is 0 Å². The van der Waals surface area contributed by atoms with Gasteiger partial charge in [-0.1, -0.05) is 44.0 Å². The van der Waals surface area contributed by atoms with Crippen molar-refractivity contribution in [2.45, 2.75) is 57.8 Å². The Morgan fingerprint density at radius 1 is 1.10 bits per heavy atom. The summed E-state index contributed by atoms with van der Waals surface area (Å²) in [6.07, 6.45) is -0.712. The summed E-state index contributed by atoms with van der Waals surface area (Å²) >= 11 is 0. The minimum Gasteiger partial charge on any atom is -0.309 e. The largest absolute Gasteiger partial charge is 0.393 e. The van der Waals surface area contributed by atoms with Crippen LogP contribution < -0.4 is 5.32 Å². The lowest BCUT2D eigenvalue weighted by Gasteiger charge is -2.33. The maximum absolute atomic E-state index is 13.0. The van der Waals surface area contributed by atoms with E-state index in [2.05, 4.69) is 12.2 Å². The Morgan fingerprint density at radius 3 is 2.40 bits per heavy atom. The first-order valence-corrected chi connectivity index (χ1v) is 7.39. The lowest BCUT2D eigenvalue weighted by molar-refractivity contribution is -0.189. The van der Waals surface area contributed by atoms with Crippen LogP contribution in [0, 0.1) is 5.92 Å². The predicted molar refractivity (Wildman–Crippen MR) is 74.5 cm³/mol. The number of hydrogen-bond donors (Lipinski definition) is 1. The van der Waals surface area contributed by atoms with Gasteiger partial charge in [0.15, 0.2) is 0 Å². The lowest BCUT2D eigenvalue weighted by Crippen LogP contribution is -2.45. The molecule has 0 bridgehead atoms. The van der Waals surface area contributed by atoms with Crippen LogP contribution in [0.1, 0.15) is 43.7 Å². The van der Waals surface area contributed by atoms with E-state index < -0.39 is 18.1 Å². The fourth-order valence-corrected chi connectivity index (χ4v) is 3.08. The van der Waals surface area contributed by atoms with Crippen LogP contribution >= 0.6 is 0 Å². The molecule has 1 aromatic rings. The Kier molecular flexibility index (Phi) is 5.08. The molecule has 4 heteroatoms. The van der Waals surface area contributed by atoms with Gasteiger partial charge in [0.25, 0.3) is 0 Å². The molecule has 1 aliphatic carbocycles. The summed E-state index contributed by atoms with van der Waals surface area (Å²) in [5, 5.41) is 3.15. The smallest absolute Gasteiger partial charge is 0.309 e. The fourth-order valence-electron chi connectivity index (χ4n) is 3.08. The maximum atomic E-state index is 13.0. The number of aryl methyl sites for hydroxylation is 1. The van der Waals surface area contributed by atoms with Crippen LogP contribution in [0.2, 0.25) is 0 Å². The standard InChI is InChI=1S/C16H22F3N/c1-2-12-7-3-4-8-13(12)11-20-15-10-6-5-9-14(15)16(17,18)19/h3-4,7-8,14-15,20H,2,5-6,9-11H2,1H3. The summed E-state index contributed by atoms with van der Waals surface area (Å²) in [7, 11) is 0. The molecular weight excluding hydrogens is 263 g/mol. The Labute approximate surface area is 118 Å². The second-order valence-electron chi connectivity index (χ2n) is 5.54. The highest BCUT2D eigenvalue weighted by Crippen LogP contribution is 2.37. The lowest BCUT2D eigenvalue weighted by atomic mass is 9.84. The summed E-state index contributed by atoms with van der Waals surface area (Å²) in [4.78, 5) is 0. The molecule has 0 aromatic heterocycles. The van der Waals surface area contributed by atoms with Crippen molar-refractivity contribution in [3.8, 4) is 0 Å². The van der Waals surface area contributed by atoms with Gasteiger partial charge in [-0.15, -0.1) is 0 Å². The van der Waals surface area contributed by atoms with Crippen LogP contribution in [0.25, 0.3) is 0 Å². The first-order chi connectivity index (χ1) is 9.52. The Hall–Kier alpha value is -1.03. The van der Waals surface area contributed by atoms with Gasteiger partial charge in [-0.2, -0.15) is 13.2 Å². The van der Waals surface area contributed by atoms with Crippen molar-refractivity contribution < 1.29 is 13.2 Å². The van der Waals surface area contributed by atoms with Crippen LogP contribution in [-0.4, -0.2) is 12.2 Å². The van der Waals surface area contributed by atoms with E-state index in [1.165, 1.54) is 5.56 Å². The van der Waals surface area contributed by atoms with Crippen molar-refractivity contribution in [1.29, 1.82) is 0 Å². The van der Waals surface area contributed by atoms with Gasteiger partial charge >= 0.3 is 6.18 Å². The minimum atomic E-state index is -4.08. The van der Waals surface area contributed by atoms with Gasteiger partial charge in [-0.3, -0.25) is 0 Å². The first kappa shape index (κ1) is 15.4. The zero-order valence-electron chi connectivity index (χ0n) is 11.8. The van der Waals surface area contributed by atoms with E-state index >= 15 is 0 Å². The van der Waals surface area contributed by atoms with Crippen LogP contribution in [0.3, 0.4) is 0 Å². The normalized spacial score (nSPS) is 23.8. The molecule has 1 aliphatic rings. The number of benzene rings is 1. The zero-order chi connectivity index (χ0) is 14.6. The molecule has 2 unspecified atom stereocenters. The van der Waals surface area contributed by atoms with Gasteiger partial charge in [0.05, 0.1) is 5.92 Å². The van der Waals surface area contributed by atoms with Crippen LogP contribution in [0.4, 0.5) is 13.2 Å². The highest BCUT2D eigenvalue weighted by atomic mass is 19.4. The molecule has 0 spiro atoms. The summed E-state index contributed by atoms with van der Waals surface area (Å²) in [6.45, 7) is 2.60. The fraction of sp³-hybridized carbons (Fsp3) is 0.625. The second-order valence-corrected chi connectivity index (χ2v) is 5.54. The molecule has 0 saturated heterocycles. The van der Waals surface area contributed by atoms with Crippen molar-refractivity contribution in [3.05, 3.63) is 35.4 Å². The van der Waals surface area contributed by atoms with Crippen molar-refractivity contribution in [1.82, 2.24) is 5.32 Å². The molecule has 0 heterocycles. The molecule has 2 rings (SSSR count). The van der Waals surface area contributed by atoms with Crippen molar-refractivity contribution >= 4 is 0 Å². The molecule has 1 nitrogen and oxygen atoms in total. The number of alkyl halides is 3. The average Bonchev–Trinajstić information content (AvgIpc) is 2.44. The highest BCUT2D eigenvalue weighted by Gasteiger charge is 2.45. The number of hydrogen-bond acceptors (Lipinski definition) is 1. The summed E-state index contributed by atoms with van der Waals surface area (Å²) in [5.41, 5.74) is 2.32. The van der Waals surface area contributed by atoms with E-state index in [1.54, 1.807) is 0 Å². The number of nitrogens with one attached hydrogen (secondary N) is 1. The first-order valence-electron chi connectivity index (χ1n) is 7.39. The van der Waals surface area contributed by atoms with Gasteiger partial charge in [0.2, 0.25) is 0 Å². The minimum absolute atomic E-state index is 0.261. The Bertz CT molecular complexity index is 428. The van der Waals surface area contributed by atoms with Crippen molar-refractivity contribution in [2.75, 3.05) is 0 Å². The third-order valence-electron chi connectivity index (χ3n) is 4.24. The third kappa shape index (κ3) is 3.75. The molecule has 1 saturated carbocycles. The van der Waals surface area contributed by atoms with Crippen molar-refractivity contribution in [2.24, 2.45) is 5.92 Å². The monoisotopic (exact) mass is 285 g/mol. The maximum Gasteiger partial charge on any atom is 0.393 e. The van der Waals surface area contributed by atoms with Gasteiger partial charge in [-0.05, 0) is 30.4 Å². The van der Waals surface area contributed by atoms with Crippen LogP contribution in [0.5, 0.6) is 0 Å². The number of rotatable bonds is 4. The molecule has 1 fully saturated rings. The van der Waals surface area contributed by atoms with Gasteiger partial charge in [0.1, 0.15) is 0 Å². The number of halogens is 3.